The molecule has 0 saturated carbocycles. The zero-order valence-electron chi connectivity index (χ0n) is 12.5. The SMILES string of the molecule is CC(C)c1c(N)ncnc1N1CCCN2CCCC2C1. The van der Waals surface area contributed by atoms with E-state index in [1.54, 1.807) is 6.33 Å². The standard InChI is InChI=1S/C15H25N5/c1-11(2)13-14(16)17-10-18-15(13)20-8-4-7-19-6-3-5-12(19)9-20/h10-12H,3-9H2,1-2H3,(H2,16,17,18). The molecule has 3 heterocycles. The van der Waals surface area contributed by atoms with Crippen LogP contribution in [0.25, 0.3) is 0 Å². The Kier molecular flexibility index (Phi) is 3.78. The van der Waals surface area contributed by atoms with Gasteiger partial charge in [-0.3, -0.25) is 4.90 Å². The van der Waals surface area contributed by atoms with Gasteiger partial charge in [-0.25, -0.2) is 9.97 Å². The lowest BCUT2D eigenvalue weighted by Gasteiger charge is -2.29. The number of nitrogens with two attached hydrogens (primary N) is 1. The minimum absolute atomic E-state index is 0.356. The summed E-state index contributed by atoms with van der Waals surface area (Å²) < 4.78 is 0. The maximum absolute atomic E-state index is 6.09. The van der Waals surface area contributed by atoms with Gasteiger partial charge in [-0.2, -0.15) is 0 Å². The summed E-state index contributed by atoms with van der Waals surface area (Å²) in [6.07, 6.45) is 5.46. The Morgan fingerprint density at radius 1 is 1.20 bits per heavy atom. The fraction of sp³-hybridized carbons (Fsp3) is 0.733. The molecule has 110 valence electrons. The summed E-state index contributed by atoms with van der Waals surface area (Å²) in [7, 11) is 0. The number of nitrogen functional groups attached to an aromatic ring is 1. The predicted octanol–water partition coefficient (Wildman–Crippen LogP) is 1.86. The van der Waals surface area contributed by atoms with Gasteiger partial charge in [0.25, 0.3) is 0 Å². The van der Waals surface area contributed by atoms with Gasteiger partial charge >= 0.3 is 0 Å². The highest BCUT2D eigenvalue weighted by atomic mass is 15.3. The molecule has 20 heavy (non-hydrogen) atoms. The molecule has 2 N–H and O–H groups in total. The minimum atomic E-state index is 0.356. The van der Waals surface area contributed by atoms with Crippen LogP contribution in [0.3, 0.4) is 0 Å². The first-order valence-electron chi connectivity index (χ1n) is 7.76. The van der Waals surface area contributed by atoms with Gasteiger partial charge in [0.05, 0.1) is 0 Å². The van der Waals surface area contributed by atoms with E-state index in [4.69, 9.17) is 5.73 Å². The molecule has 2 saturated heterocycles. The average Bonchev–Trinajstić information content (AvgIpc) is 2.75. The Bertz CT molecular complexity index is 473. The van der Waals surface area contributed by atoms with Gasteiger partial charge in [-0.15, -0.1) is 0 Å². The van der Waals surface area contributed by atoms with Crippen LogP contribution in [-0.4, -0.2) is 47.1 Å². The Balaban J connectivity index is 1.90. The van der Waals surface area contributed by atoms with Crippen molar-refractivity contribution in [2.24, 2.45) is 0 Å². The molecule has 1 aromatic rings. The molecule has 2 fully saturated rings. The van der Waals surface area contributed by atoms with Crippen molar-refractivity contribution in [2.45, 2.75) is 45.1 Å². The second kappa shape index (κ2) is 5.56. The van der Waals surface area contributed by atoms with Crippen LogP contribution in [0, 0.1) is 0 Å². The molecule has 0 bridgehead atoms. The average molecular weight is 275 g/mol. The van der Waals surface area contributed by atoms with Crippen LogP contribution in [0.15, 0.2) is 6.33 Å². The first-order valence-corrected chi connectivity index (χ1v) is 7.76. The zero-order chi connectivity index (χ0) is 14.1. The minimum Gasteiger partial charge on any atom is -0.383 e. The molecule has 1 unspecified atom stereocenters. The molecule has 0 aromatic carbocycles. The topological polar surface area (TPSA) is 58.3 Å². The fourth-order valence-electron chi connectivity index (χ4n) is 3.60. The van der Waals surface area contributed by atoms with E-state index in [9.17, 15) is 0 Å². The van der Waals surface area contributed by atoms with E-state index in [0.29, 0.717) is 17.8 Å². The van der Waals surface area contributed by atoms with Crippen molar-refractivity contribution < 1.29 is 0 Å². The molecule has 0 aliphatic carbocycles. The molecule has 1 atom stereocenters. The number of anilines is 2. The van der Waals surface area contributed by atoms with Crippen molar-refractivity contribution in [2.75, 3.05) is 36.8 Å². The third-order valence-electron chi connectivity index (χ3n) is 4.57. The summed E-state index contributed by atoms with van der Waals surface area (Å²) in [6.45, 7) is 8.97. The van der Waals surface area contributed by atoms with E-state index in [1.165, 1.54) is 32.4 Å². The van der Waals surface area contributed by atoms with Crippen LogP contribution >= 0.6 is 0 Å². The predicted molar refractivity (Wildman–Crippen MR) is 82.0 cm³/mol. The van der Waals surface area contributed by atoms with Gasteiger partial charge in [0.2, 0.25) is 0 Å². The number of nitrogens with zero attached hydrogens (tertiary/aromatic N) is 4. The van der Waals surface area contributed by atoms with E-state index < -0.39 is 0 Å². The Hall–Kier alpha value is -1.36. The van der Waals surface area contributed by atoms with Crippen LogP contribution in [0.4, 0.5) is 11.6 Å². The van der Waals surface area contributed by atoms with Crippen molar-refractivity contribution in [1.82, 2.24) is 14.9 Å². The smallest absolute Gasteiger partial charge is 0.137 e. The van der Waals surface area contributed by atoms with Crippen LogP contribution in [0.2, 0.25) is 0 Å². The van der Waals surface area contributed by atoms with Crippen molar-refractivity contribution >= 4 is 11.6 Å². The largest absolute Gasteiger partial charge is 0.383 e. The molecule has 5 nitrogen and oxygen atoms in total. The van der Waals surface area contributed by atoms with E-state index >= 15 is 0 Å². The number of rotatable bonds is 2. The lowest BCUT2D eigenvalue weighted by molar-refractivity contribution is 0.273. The summed E-state index contributed by atoms with van der Waals surface area (Å²) in [5.74, 6) is 2.05. The molecule has 0 radical (unpaired) electrons. The number of hydrogen-bond donors (Lipinski definition) is 1. The second-order valence-electron chi connectivity index (χ2n) is 6.28. The van der Waals surface area contributed by atoms with E-state index in [1.807, 2.05) is 0 Å². The first-order chi connectivity index (χ1) is 9.66. The van der Waals surface area contributed by atoms with Crippen LogP contribution in [0.5, 0.6) is 0 Å². The van der Waals surface area contributed by atoms with Crippen molar-refractivity contribution in [3.8, 4) is 0 Å². The van der Waals surface area contributed by atoms with E-state index in [0.717, 1.165) is 24.5 Å². The molecule has 5 heteroatoms. The lowest BCUT2D eigenvalue weighted by Crippen LogP contribution is -2.37. The fourth-order valence-corrected chi connectivity index (χ4v) is 3.60. The number of hydrogen-bond acceptors (Lipinski definition) is 5. The maximum Gasteiger partial charge on any atom is 0.137 e. The van der Waals surface area contributed by atoms with Crippen molar-refractivity contribution in [1.29, 1.82) is 0 Å². The van der Waals surface area contributed by atoms with Gasteiger partial charge in [0.15, 0.2) is 0 Å². The number of fused-ring (bicyclic) bond motifs is 1. The molecular formula is C15H25N5. The molecule has 3 rings (SSSR count). The quantitative estimate of drug-likeness (QED) is 0.892. The summed E-state index contributed by atoms with van der Waals surface area (Å²) >= 11 is 0. The summed E-state index contributed by atoms with van der Waals surface area (Å²) in [4.78, 5) is 13.8. The summed E-state index contributed by atoms with van der Waals surface area (Å²) in [5, 5.41) is 0. The van der Waals surface area contributed by atoms with Crippen molar-refractivity contribution in [3.63, 3.8) is 0 Å². The number of aromatic nitrogens is 2. The first kappa shape index (κ1) is 13.6. The molecular weight excluding hydrogens is 250 g/mol. The third-order valence-corrected chi connectivity index (χ3v) is 4.57. The third kappa shape index (κ3) is 2.46. The van der Waals surface area contributed by atoms with Gasteiger partial charge in [-0.05, 0) is 31.7 Å². The monoisotopic (exact) mass is 275 g/mol. The highest BCUT2D eigenvalue weighted by Gasteiger charge is 2.30. The molecule has 2 aliphatic heterocycles. The van der Waals surface area contributed by atoms with Gasteiger partial charge in [0.1, 0.15) is 18.0 Å². The van der Waals surface area contributed by atoms with Gasteiger partial charge < -0.3 is 10.6 Å². The van der Waals surface area contributed by atoms with Crippen LogP contribution in [-0.2, 0) is 0 Å². The Morgan fingerprint density at radius 3 is 2.80 bits per heavy atom. The van der Waals surface area contributed by atoms with Gasteiger partial charge in [0, 0.05) is 31.2 Å². The van der Waals surface area contributed by atoms with Gasteiger partial charge in [-0.1, -0.05) is 13.8 Å². The Morgan fingerprint density at radius 2 is 2.00 bits per heavy atom. The summed E-state index contributed by atoms with van der Waals surface area (Å²) in [5.41, 5.74) is 7.20. The lowest BCUT2D eigenvalue weighted by atomic mass is 10.0. The molecule has 0 spiro atoms. The highest BCUT2D eigenvalue weighted by molar-refractivity contribution is 5.58. The second-order valence-corrected chi connectivity index (χ2v) is 6.28. The normalized spacial score (nSPS) is 23.9. The highest BCUT2D eigenvalue weighted by Crippen LogP contribution is 2.31. The van der Waals surface area contributed by atoms with Crippen LogP contribution < -0.4 is 10.6 Å². The van der Waals surface area contributed by atoms with E-state index in [-0.39, 0.29) is 0 Å². The van der Waals surface area contributed by atoms with Crippen molar-refractivity contribution in [3.05, 3.63) is 11.9 Å². The zero-order valence-corrected chi connectivity index (χ0v) is 12.5. The maximum atomic E-state index is 6.09. The molecule has 0 amide bonds. The Labute approximate surface area is 121 Å². The summed E-state index contributed by atoms with van der Waals surface area (Å²) in [6, 6.07) is 0.689. The van der Waals surface area contributed by atoms with Crippen LogP contribution in [0.1, 0.15) is 44.6 Å². The molecule has 2 aliphatic rings. The van der Waals surface area contributed by atoms with E-state index in [2.05, 4.69) is 33.6 Å². The molecule has 1 aromatic heterocycles.